The first-order chi connectivity index (χ1) is 11.4. The summed E-state index contributed by atoms with van der Waals surface area (Å²) < 4.78 is 1.04. The van der Waals surface area contributed by atoms with E-state index in [9.17, 15) is 4.79 Å². The lowest BCUT2D eigenvalue weighted by Gasteiger charge is -2.14. The molecule has 0 spiro atoms. The largest absolute Gasteiger partial charge is 0.480 e. The molecule has 2 aromatic rings. The number of rotatable bonds is 6. The number of halogens is 1. The second kappa shape index (κ2) is 6.76. The molecule has 3 rings (SSSR count). The number of aliphatic carboxylic acids is 1. The molecule has 0 saturated heterocycles. The fourth-order valence-electron chi connectivity index (χ4n) is 2.59. The molecule has 3 N–H and O–H groups in total. The number of carboxylic acids is 1. The number of hydrogen-bond donors (Lipinski definition) is 3. The molecule has 1 aliphatic rings. The van der Waals surface area contributed by atoms with E-state index in [1.807, 2.05) is 32.0 Å². The van der Waals surface area contributed by atoms with Crippen LogP contribution in [0.5, 0.6) is 0 Å². The molecule has 1 aromatic carbocycles. The van der Waals surface area contributed by atoms with Crippen LogP contribution in [0.2, 0.25) is 0 Å². The van der Waals surface area contributed by atoms with E-state index >= 15 is 0 Å². The number of nitrogens with zero attached hydrogens (tertiary/aromatic N) is 2. The predicted molar refractivity (Wildman–Crippen MR) is 97.0 cm³/mol. The average Bonchev–Trinajstić information content (AvgIpc) is 3.33. The molecule has 1 fully saturated rings. The lowest BCUT2D eigenvalue weighted by atomic mass is 10.1. The fourth-order valence-corrected chi connectivity index (χ4v) is 3.27. The number of carbonyl (C=O) groups is 1. The minimum absolute atomic E-state index is 0.204. The van der Waals surface area contributed by atoms with Crippen molar-refractivity contribution >= 4 is 39.4 Å². The average molecular weight is 391 g/mol. The Morgan fingerprint density at radius 2 is 1.92 bits per heavy atom. The molecular formula is C17H19BrN4O2. The molecule has 0 atom stereocenters. The molecular weight excluding hydrogens is 372 g/mol. The third-order valence-electron chi connectivity index (χ3n) is 3.89. The SMILES string of the molecule is Cc1cc(Br)cc(C)c1Nc1cc(C2CC2)nc(NCC(=O)O)n1. The molecule has 1 heterocycles. The van der Waals surface area contributed by atoms with Gasteiger partial charge in [-0.2, -0.15) is 4.98 Å². The molecule has 1 saturated carbocycles. The van der Waals surface area contributed by atoms with Crippen molar-refractivity contribution in [3.63, 3.8) is 0 Å². The highest BCUT2D eigenvalue weighted by Crippen LogP contribution is 2.40. The van der Waals surface area contributed by atoms with E-state index in [1.165, 1.54) is 0 Å². The number of carboxylic acid groups (broad SMARTS) is 1. The normalized spacial score (nSPS) is 13.6. The molecule has 0 unspecified atom stereocenters. The Kier molecular flexibility index (Phi) is 4.71. The van der Waals surface area contributed by atoms with Crippen LogP contribution in [0.25, 0.3) is 0 Å². The Morgan fingerprint density at radius 1 is 1.25 bits per heavy atom. The lowest BCUT2D eigenvalue weighted by molar-refractivity contribution is -0.134. The van der Waals surface area contributed by atoms with Gasteiger partial charge in [-0.1, -0.05) is 15.9 Å². The van der Waals surface area contributed by atoms with Gasteiger partial charge in [0.25, 0.3) is 0 Å². The number of aromatic nitrogens is 2. The number of benzene rings is 1. The lowest BCUT2D eigenvalue weighted by Crippen LogP contribution is -2.15. The number of hydrogen-bond acceptors (Lipinski definition) is 5. The van der Waals surface area contributed by atoms with Gasteiger partial charge in [-0.05, 0) is 49.9 Å². The highest BCUT2D eigenvalue weighted by Gasteiger charge is 2.26. The first-order valence-electron chi connectivity index (χ1n) is 7.81. The quantitative estimate of drug-likeness (QED) is 0.691. The van der Waals surface area contributed by atoms with Gasteiger partial charge in [-0.15, -0.1) is 0 Å². The smallest absolute Gasteiger partial charge is 0.322 e. The maximum absolute atomic E-state index is 10.8. The van der Waals surface area contributed by atoms with Gasteiger partial charge in [0.1, 0.15) is 12.4 Å². The third kappa shape index (κ3) is 4.03. The minimum atomic E-state index is -0.940. The van der Waals surface area contributed by atoms with Crippen molar-refractivity contribution in [1.29, 1.82) is 0 Å². The molecule has 0 amide bonds. The van der Waals surface area contributed by atoms with Gasteiger partial charge in [0.15, 0.2) is 0 Å². The summed E-state index contributed by atoms with van der Waals surface area (Å²) in [5.74, 6) is 0.528. The minimum Gasteiger partial charge on any atom is -0.480 e. The second-order valence-electron chi connectivity index (χ2n) is 6.06. The van der Waals surface area contributed by atoms with Gasteiger partial charge in [0, 0.05) is 22.1 Å². The van der Waals surface area contributed by atoms with E-state index in [-0.39, 0.29) is 6.54 Å². The third-order valence-corrected chi connectivity index (χ3v) is 4.35. The Morgan fingerprint density at radius 3 is 2.50 bits per heavy atom. The van der Waals surface area contributed by atoms with Crippen molar-refractivity contribution in [2.24, 2.45) is 0 Å². The van der Waals surface area contributed by atoms with Crippen molar-refractivity contribution in [2.45, 2.75) is 32.6 Å². The predicted octanol–water partition coefficient (Wildman–Crippen LogP) is 3.97. The van der Waals surface area contributed by atoms with E-state index < -0.39 is 5.97 Å². The van der Waals surface area contributed by atoms with Crippen molar-refractivity contribution in [1.82, 2.24) is 9.97 Å². The highest BCUT2D eigenvalue weighted by molar-refractivity contribution is 9.10. The zero-order valence-electron chi connectivity index (χ0n) is 13.6. The summed E-state index contributed by atoms with van der Waals surface area (Å²) in [6, 6.07) is 6.04. The maximum Gasteiger partial charge on any atom is 0.322 e. The molecule has 7 heteroatoms. The summed E-state index contributed by atoms with van der Waals surface area (Å²) in [4.78, 5) is 19.6. The van der Waals surface area contributed by atoms with Crippen LogP contribution in [0.4, 0.5) is 17.5 Å². The van der Waals surface area contributed by atoms with E-state index in [1.54, 1.807) is 0 Å². The van der Waals surface area contributed by atoms with Crippen molar-refractivity contribution < 1.29 is 9.90 Å². The molecule has 126 valence electrons. The zero-order valence-corrected chi connectivity index (χ0v) is 15.1. The van der Waals surface area contributed by atoms with Crippen LogP contribution < -0.4 is 10.6 Å². The Labute approximate surface area is 148 Å². The zero-order chi connectivity index (χ0) is 17.3. The highest BCUT2D eigenvalue weighted by atomic mass is 79.9. The van der Waals surface area contributed by atoms with Crippen LogP contribution in [0, 0.1) is 13.8 Å². The summed E-state index contributed by atoms with van der Waals surface area (Å²) in [5.41, 5.74) is 4.16. The summed E-state index contributed by atoms with van der Waals surface area (Å²) >= 11 is 3.50. The molecule has 24 heavy (non-hydrogen) atoms. The van der Waals surface area contributed by atoms with Crippen LogP contribution in [-0.2, 0) is 4.79 Å². The van der Waals surface area contributed by atoms with Gasteiger partial charge < -0.3 is 15.7 Å². The summed E-state index contributed by atoms with van der Waals surface area (Å²) in [5, 5.41) is 15.0. The maximum atomic E-state index is 10.8. The van der Waals surface area contributed by atoms with Crippen LogP contribution >= 0.6 is 15.9 Å². The van der Waals surface area contributed by atoms with Gasteiger partial charge in [-0.3, -0.25) is 4.79 Å². The number of nitrogens with one attached hydrogen (secondary N) is 2. The summed E-state index contributed by atoms with van der Waals surface area (Å²) in [7, 11) is 0. The summed E-state index contributed by atoms with van der Waals surface area (Å²) in [6.45, 7) is 3.86. The van der Waals surface area contributed by atoms with Crippen molar-refractivity contribution in [3.05, 3.63) is 39.5 Å². The van der Waals surface area contributed by atoms with Crippen LogP contribution in [-0.4, -0.2) is 27.6 Å². The van der Waals surface area contributed by atoms with Crippen LogP contribution in [0.1, 0.15) is 35.6 Å². The number of anilines is 3. The molecule has 6 nitrogen and oxygen atoms in total. The standard InChI is InChI=1S/C17H19BrN4O2/c1-9-5-12(18)6-10(2)16(9)21-14-7-13(11-3-4-11)20-17(22-14)19-8-15(23)24/h5-7,11H,3-4,8H2,1-2H3,(H,23,24)(H2,19,20,21,22). The van der Waals surface area contributed by atoms with Gasteiger partial charge >= 0.3 is 5.97 Å². The van der Waals surface area contributed by atoms with E-state index in [4.69, 9.17) is 5.11 Å². The Balaban J connectivity index is 1.90. The monoisotopic (exact) mass is 390 g/mol. The van der Waals surface area contributed by atoms with E-state index in [2.05, 4.69) is 36.5 Å². The fraction of sp³-hybridized carbons (Fsp3) is 0.353. The Hall–Kier alpha value is -2.15. The number of aryl methyl sites for hydroxylation is 2. The van der Waals surface area contributed by atoms with Gasteiger partial charge in [-0.25, -0.2) is 4.98 Å². The molecule has 0 bridgehead atoms. The van der Waals surface area contributed by atoms with E-state index in [0.29, 0.717) is 17.7 Å². The molecule has 1 aromatic heterocycles. The van der Waals surface area contributed by atoms with Crippen LogP contribution in [0.3, 0.4) is 0 Å². The second-order valence-corrected chi connectivity index (χ2v) is 6.98. The van der Waals surface area contributed by atoms with Gasteiger partial charge in [0.05, 0.1) is 5.69 Å². The van der Waals surface area contributed by atoms with Crippen molar-refractivity contribution in [2.75, 3.05) is 17.2 Å². The van der Waals surface area contributed by atoms with E-state index in [0.717, 1.165) is 39.8 Å². The van der Waals surface area contributed by atoms with Crippen LogP contribution in [0.15, 0.2) is 22.7 Å². The summed E-state index contributed by atoms with van der Waals surface area (Å²) in [6.07, 6.45) is 2.23. The molecule has 1 aliphatic carbocycles. The first kappa shape index (κ1) is 16.7. The Bertz CT molecular complexity index is 767. The molecule has 0 radical (unpaired) electrons. The topological polar surface area (TPSA) is 87.1 Å². The van der Waals surface area contributed by atoms with Crippen molar-refractivity contribution in [3.8, 4) is 0 Å². The molecule has 0 aliphatic heterocycles. The van der Waals surface area contributed by atoms with Gasteiger partial charge in [0.2, 0.25) is 5.95 Å². The first-order valence-corrected chi connectivity index (χ1v) is 8.60.